The van der Waals surface area contributed by atoms with Crippen molar-refractivity contribution >= 4 is 41.2 Å². The first-order chi connectivity index (χ1) is 15.6. The van der Waals surface area contributed by atoms with E-state index in [4.69, 9.17) is 12.2 Å². The average Bonchev–Trinajstić information content (AvgIpc) is 3.36. The van der Waals surface area contributed by atoms with Crippen molar-refractivity contribution in [1.82, 2.24) is 39.4 Å². The van der Waals surface area contributed by atoms with E-state index in [9.17, 15) is 4.39 Å². The van der Waals surface area contributed by atoms with Gasteiger partial charge in [-0.3, -0.25) is 14.7 Å². The van der Waals surface area contributed by atoms with E-state index in [0.717, 1.165) is 48.6 Å². The largest absolute Gasteiger partial charge is 0.353 e. The number of aromatic nitrogens is 7. The van der Waals surface area contributed by atoms with Crippen molar-refractivity contribution in [2.24, 2.45) is 7.05 Å². The van der Waals surface area contributed by atoms with Gasteiger partial charge in [-0.2, -0.15) is 10.1 Å². The van der Waals surface area contributed by atoms with Crippen molar-refractivity contribution in [2.45, 2.75) is 6.67 Å². The number of fused-ring (bicyclic) bond motifs is 1. The number of nitrogens with one attached hydrogen (secondary N) is 1. The third-order valence-electron chi connectivity index (χ3n) is 5.52. The van der Waals surface area contributed by atoms with Crippen LogP contribution in [0.2, 0.25) is 0 Å². The molecule has 0 amide bonds. The van der Waals surface area contributed by atoms with Crippen molar-refractivity contribution in [3.05, 3.63) is 58.8 Å². The standard InChI is InChI=1S/C21H22FN9S/c1-28-19-17(12-25-28)20(24-13-23-19)30-10-8-29(9-11-30)14-31-21(32)26-18(27-31)7-4-15-2-5-16(22)6-3-15/h2-7,12-13H,8-11,14H2,1H3,(H,26,27,32)/b7-4+. The van der Waals surface area contributed by atoms with Crippen molar-refractivity contribution in [1.29, 1.82) is 0 Å². The number of halogens is 1. The molecule has 164 valence electrons. The molecule has 4 aromatic rings. The highest BCUT2D eigenvalue weighted by Crippen LogP contribution is 2.23. The second-order valence-electron chi connectivity index (χ2n) is 7.65. The van der Waals surface area contributed by atoms with Crippen LogP contribution in [0.25, 0.3) is 23.2 Å². The van der Waals surface area contributed by atoms with Crippen LogP contribution in [0.15, 0.2) is 36.8 Å². The quantitative estimate of drug-likeness (QED) is 0.467. The summed E-state index contributed by atoms with van der Waals surface area (Å²) in [6.07, 6.45) is 7.13. The summed E-state index contributed by atoms with van der Waals surface area (Å²) in [5.41, 5.74) is 1.73. The number of rotatable bonds is 5. The maximum atomic E-state index is 13.0. The van der Waals surface area contributed by atoms with Gasteiger partial charge in [0.1, 0.15) is 23.8 Å². The first kappa shape index (κ1) is 20.5. The molecule has 0 bridgehead atoms. The van der Waals surface area contributed by atoms with Gasteiger partial charge >= 0.3 is 0 Å². The van der Waals surface area contributed by atoms with E-state index in [0.29, 0.717) is 17.3 Å². The summed E-state index contributed by atoms with van der Waals surface area (Å²) in [5.74, 6) is 1.34. The molecule has 3 aromatic heterocycles. The lowest BCUT2D eigenvalue weighted by Crippen LogP contribution is -2.47. The fraction of sp³-hybridized carbons (Fsp3) is 0.286. The van der Waals surface area contributed by atoms with Gasteiger partial charge in [0.05, 0.1) is 18.3 Å². The third kappa shape index (κ3) is 4.16. The summed E-state index contributed by atoms with van der Waals surface area (Å²) in [5, 5.41) is 8.50. The Morgan fingerprint density at radius 1 is 1.09 bits per heavy atom. The zero-order valence-electron chi connectivity index (χ0n) is 17.5. The zero-order chi connectivity index (χ0) is 22.1. The number of benzene rings is 1. The highest BCUT2D eigenvalue weighted by atomic mass is 32.1. The van der Waals surface area contributed by atoms with Crippen LogP contribution in [-0.2, 0) is 13.7 Å². The molecular weight excluding hydrogens is 429 g/mol. The molecule has 4 heterocycles. The minimum absolute atomic E-state index is 0.254. The first-order valence-corrected chi connectivity index (χ1v) is 10.7. The summed E-state index contributed by atoms with van der Waals surface area (Å²) in [7, 11) is 1.88. The lowest BCUT2D eigenvalue weighted by molar-refractivity contribution is 0.194. The molecule has 1 aliphatic heterocycles. The Hall–Kier alpha value is -3.44. The predicted molar refractivity (Wildman–Crippen MR) is 123 cm³/mol. The van der Waals surface area contributed by atoms with E-state index < -0.39 is 0 Å². The number of anilines is 1. The van der Waals surface area contributed by atoms with Crippen LogP contribution in [0.1, 0.15) is 11.4 Å². The molecule has 0 radical (unpaired) electrons. The predicted octanol–water partition coefficient (Wildman–Crippen LogP) is 2.71. The van der Waals surface area contributed by atoms with E-state index in [1.807, 2.05) is 30.1 Å². The molecule has 0 unspecified atom stereocenters. The number of H-pyrrole nitrogens is 1. The van der Waals surface area contributed by atoms with Crippen molar-refractivity contribution in [3.8, 4) is 0 Å². The molecule has 1 saturated heterocycles. The third-order valence-corrected chi connectivity index (χ3v) is 5.83. The second kappa shape index (κ2) is 8.60. The summed E-state index contributed by atoms with van der Waals surface area (Å²) < 4.78 is 17.2. The van der Waals surface area contributed by atoms with Gasteiger partial charge in [0, 0.05) is 33.2 Å². The molecular formula is C21H22FN9S. The molecule has 1 fully saturated rings. The zero-order valence-corrected chi connectivity index (χ0v) is 18.3. The summed E-state index contributed by atoms with van der Waals surface area (Å²) in [6, 6.07) is 6.30. The Kier molecular flexibility index (Phi) is 5.50. The fourth-order valence-electron chi connectivity index (χ4n) is 3.80. The summed E-state index contributed by atoms with van der Waals surface area (Å²) in [6.45, 7) is 4.07. The number of nitrogens with zero attached hydrogens (tertiary/aromatic N) is 8. The molecule has 1 aliphatic rings. The van der Waals surface area contributed by atoms with Gasteiger partial charge < -0.3 is 4.90 Å². The van der Waals surface area contributed by atoms with Crippen LogP contribution in [0.4, 0.5) is 10.2 Å². The molecule has 11 heteroatoms. The Morgan fingerprint density at radius 3 is 2.66 bits per heavy atom. The lowest BCUT2D eigenvalue weighted by Gasteiger charge is -2.35. The maximum Gasteiger partial charge on any atom is 0.217 e. The summed E-state index contributed by atoms with van der Waals surface area (Å²) in [4.78, 5) is 17.8. The molecule has 1 N–H and O–H groups in total. The molecule has 0 saturated carbocycles. The minimum Gasteiger partial charge on any atom is -0.353 e. The molecule has 0 spiro atoms. The van der Waals surface area contributed by atoms with Crippen molar-refractivity contribution in [3.63, 3.8) is 0 Å². The molecule has 0 aliphatic carbocycles. The molecule has 5 rings (SSSR count). The van der Waals surface area contributed by atoms with Gasteiger partial charge in [0.15, 0.2) is 5.65 Å². The van der Waals surface area contributed by atoms with Gasteiger partial charge in [-0.1, -0.05) is 18.2 Å². The van der Waals surface area contributed by atoms with E-state index in [-0.39, 0.29) is 5.82 Å². The minimum atomic E-state index is -0.254. The van der Waals surface area contributed by atoms with Gasteiger partial charge in [0.2, 0.25) is 4.77 Å². The monoisotopic (exact) mass is 451 g/mol. The molecule has 1 aromatic carbocycles. The number of piperazine rings is 1. The fourth-order valence-corrected chi connectivity index (χ4v) is 4.00. The van der Waals surface area contributed by atoms with Crippen LogP contribution < -0.4 is 4.90 Å². The maximum absolute atomic E-state index is 13.0. The lowest BCUT2D eigenvalue weighted by atomic mass is 10.2. The number of hydrogen-bond acceptors (Lipinski definition) is 7. The second-order valence-corrected chi connectivity index (χ2v) is 8.02. The van der Waals surface area contributed by atoms with Gasteiger partial charge in [-0.05, 0) is 36.0 Å². The van der Waals surface area contributed by atoms with E-state index in [1.165, 1.54) is 12.1 Å². The first-order valence-electron chi connectivity index (χ1n) is 10.3. The van der Waals surface area contributed by atoms with Crippen LogP contribution in [0.3, 0.4) is 0 Å². The van der Waals surface area contributed by atoms with Gasteiger partial charge in [-0.25, -0.2) is 19.0 Å². The van der Waals surface area contributed by atoms with Gasteiger partial charge in [0.25, 0.3) is 0 Å². The molecule has 9 nitrogen and oxygen atoms in total. The van der Waals surface area contributed by atoms with Crippen molar-refractivity contribution < 1.29 is 4.39 Å². The van der Waals surface area contributed by atoms with Gasteiger partial charge in [-0.15, -0.1) is 0 Å². The normalized spacial score (nSPS) is 15.2. The Labute approximate surface area is 188 Å². The highest BCUT2D eigenvalue weighted by molar-refractivity contribution is 7.71. The highest BCUT2D eigenvalue weighted by Gasteiger charge is 2.21. The van der Waals surface area contributed by atoms with Crippen LogP contribution >= 0.6 is 12.2 Å². The Bertz CT molecular complexity index is 1310. The van der Waals surface area contributed by atoms with Crippen LogP contribution in [0.5, 0.6) is 0 Å². The van der Waals surface area contributed by atoms with E-state index >= 15 is 0 Å². The topological polar surface area (TPSA) is 83.7 Å². The molecule has 0 atom stereocenters. The Balaban J connectivity index is 1.22. The SMILES string of the molecule is Cn1ncc2c(N3CCN(Cn4[nH]c(/C=C/c5ccc(F)cc5)nc4=S)CC3)ncnc21. The van der Waals surface area contributed by atoms with Crippen LogP contribution in [0, 0.1) is 10.6 Å². The summed E-state index contributed by atoms with van der Waals surface area (Å²) >= 11 is 5.42. The van der Waals surface area contributed by atoms with Crippen molar-refractivity contribution in [2.75, 3.05) is 31.1 Å². The van der Waals surface area contributed by atoms with Crippen LogP contribution in [-0.4, -0.2) is 65.6 Å². The van der Waals surface area contributed by atoms with E-state index in [2.05, 4.69) is 34.9 Å². The average molecular weight is 452 g/mol. The number of aryl methyl sites for hydroxylation is 1. The molecule has 32 heavy (non-hydrogen) atoms. The van der Waals surface area contributed by atoms with E-state index in [1.54, 1.807) is 23.1 Å². The Morgan fingerprint density at radius 2 is 1.88 bits per heavy atom. The number of hydrogen-bond donors (Lipinski definition) is 1. The smallest absolute Gasteiger partial charge is 0.217 e. The number of aromatic amines is 1.